The number of ether oxygens (including phenoxy) is 1. The van der Waals surface area contributed by atoms with Crippen molar-refractivity contribution in [1.82, 2.24) is 5.32 Å². The zero-order valence-electron chi connectivity index (χ0n) is 10.8. The second-order valence-electron chi connectivity index (χ2n) is 4.19. The maximum atomic E-state index is 5.82. The van der Waals surface area contributed by atoms with Gasteiger partial charge in [0.15, 0.2) is 0 Å². The van der Waals surface area contributed by atoms with Gasteiger partial charge in [0, 0.05) is 12.6 Å². The van der Waals surface area contributed by atoms with Crippen molar-refractivity contribution < 1.29 is 4.74 Å². The van der Waals surface area contributed by atoms with Gasteiger partial charge in [0.25, 0.3) is 0 Å². The number of nitrogens with one attached hydrogen (secondary N) is 1. The summed E-state index contributed by atoms with van der Waals surface area (Å²) in [7, 11) is 0. The largest absolute Gasteiger partial charge is 0.377 e. The van der Waals surface area contributed by atoms with Crippen molar-refractivity contribution in [3.05, 3.63) is 12.7 Å². The van der Waals surface area contributed by atoms with Crippen molar-refractivity contribution in [2.24, 2.45) is 5.92 Å². The highest BCUT2D eigenvalue weighted by molar-refractivity contribution is 4.82. The number of hydrogen-bond acceptors (Lipinski definition) is 2. The SMILES string of the molecule is C=CCCC(NCC)C(OCC)C(C)C. The zero-order chi connectivity index (χ0) is 11.7. The number of rotatable bonds is 9. The van der Waals surface area contributed by atoms with Crippen LogP contribution >= 0.6 is 0 Å². The molecule has 2 heteroatoms. The van der Waals surface area contributed by atoms with Crippen LogP contribution in [0.4, 0.5) is 0 Å². The van der Waals surface area contributed by atoms with Crippen LogP contribution in [0.3, 0.4) is 0 Å². The molecular formula is C13H27NO. The van der Waals surface area contributed by atoms with E-state index in [1.54, 1.807) is 0 Å². The molecule has 0 radical (unpaired) electrons. The second-order valence-corrected chi connectivity index (χ2v) is 4.19. The predicted octanol–water partition coefficient (Wildman–Crippen LogP) is 2.99. The molecule has 1 N–H and O–H groups in total. The molecule has 0 saturated carbocycles. The van der Waals surface area contributed by atoms with Gasteiger partial charge in [0.05, 0.1) is 6.10 Å². The van der Waals surface area contributed by atoms with Gasteiger partial charge in [-0.05, 0) is 32.2 Å². The molecule has 0 aliphatic rings. The average molecular weight is 213 g/mol. The molecule has 0 bridgehead atoms. The first-order valence-corrected chi connectivity index (χ1v) is 6.13. The van der Waals surface area contributed by atoms with E-state index in [0.717, 1.165) is 26.0 Å². The maximum absolute atomic E-state index is 5.82. The molecule has 0 amide bonds. The highest BCUT2D eigenvalue weighted by Gasteiger charge is 2.23. The third-order valence-electron chi connectivity index (χ3n) is 2.56. The van der Waals surface area contributed by atoms with Gasteiger partial charge < -0.3 is 10.1 Å². The number of allylic oxidation sites excluding steroid dienone is 1. The van der Waals surface area contributed by atoms with Crippen molar-refractivity contribution in [3.63, 3.8) is 0 Å². The van der Waals surface area contributed by atoms with Crippen molar-refractivity contribution in [2.75, 3.05) is 13.2 Å². The van der Waals surface area contributed by atoms with E-state index in [9.17, 15) is 0 Å². The van der Waals surface area contributed by atoms with Crippen molar-refractivity contribution in [3.8, 4) is 0 Å². The van der Waals surface area contributed by atoms with Crippen molar-refractivity contribution in [2.45, 2.75) is 52.7 Å². The summed E-state index contributed by atoms with van der Waals surface area (Å²) < 4.78 is 5.82. The molecule has 0 spiro atoms. The molecule has 0 aromatic carbocycles. The number of hydrogen-bond donors (Lipinski definition) is 1. The van der Waals surface area contributed by atoms with E-state index >= 15 is 0 Å². The van der Waals surface area contributed by atoms with E-state index < -0.39 is 0 Å². The topological polar surface area (TPSA) is 21.3 Å². The van der Waals surface area contributed by atoms with Gasteiger partial charge in [0.1, 0.15) is 0 Å². The fraction of sp³-hybridized carbons (Fsp3) is 0.846. The lowest BCUT2D eigenvalue weighted by molar-refractivity contribution is 0.00210. The Morgan fingerprint density at radius 2 is 2.00 bits per heavy atom. The molecule has 0 aromatic heterocycles. The molecular weight excluding hydrogens is 186 g/mol. The molecule has 0 aliphatic carbocycles. The van der Waals surface area contributed by atoms with Gasteiger partial charge in [-0.25, -0.2) is 0 Å². The molecule has 0 rings (SSSR count). The second kappa shape index (κ2) is 8.93. The number of likely N-dealkylation sites (N-methyl/N-ethyl adjacent to an activating group) is 1. The normalized spacial score (nSPS) is 15.3. The summed E-state index contributed by atoms with van der Waals surface area (Å²) >= 11 is 0. The monoisotopic (exact) mass is 213 g/mol. The van der Waals surface area contributed by atoms with Gasteiger partial charge in [-0.3, -0.25) is 0 Å². The third kappa shape index (κ3) is 5.95. The van der Waals surface area contributed by atoms with Crippen LogP contribution in [0.2, 0.25) is 0 Å². The smallest absolute Gasteiger partial charge is 0.0750 e. The highest BCUT2D eigenvalue weighted by Crippen LogP contribution is 2.15. The lowest BCUT2D eigenvalue weighted by atomic mass is 9.95. The van der Waals surface area contributed by atoms with Gasteiger partial charge in [-0.15, -0.1) is 6.58 Å². The highest BCUT2D eigenvalue weighted by atomic mass is 16.5. The average Bonchev–Trinajstić information content (AvgIpc) is 2.21. The molecule has 2 atom stereocenters. The van der Waals surface area contributed by atoms with E-state index in [1.165, 1.54) is 0 Å². The van der Waals surface area contributed by atoms with Gasteiger partial charge in [-0.1, -0.05) is 26.8 Å². The van der Waals surface area contributed by atoms with Crippen LogP contribution in [-0.4, -0.2) is 25.3 Å². The summed E-state index contributed by atoms with van der Waals surface area (Å²) in [5.41, 5.74) is 0. The molecule has 0 fully saturated rings. The molecule has 2 unspecified atom stereocenters. The fourth-order valence-corrected chi connectivity index (χ4v) is 1.91. The molecule has 90 valence electrons. The minimum Gasteiger partial charge on any atom is -0.377 e. The van der Waals surface area contributed by atoms with E-state index in [0.29, 0.717) is 18.1 Å². The minimum atomic E-state index is 0.315. The summed E-state index contributed by atoms with van der Waals surface area (Å²) in [4.78, 5) is 0. The summed E-state index contributed by atoms with van der Waals surface area (Å²) in [5, 5.41) is 3.51. The zero-order valence-corrected chi connectivity index (χ0v) is 10.8. The summed E-state index contributed by atoms with van der Waals surface area (Å²) in [6.45, 7) is 14.2. The molecule has 2 nitrogen and oxygen atoms in total. The fourth-order valence-electron chi connectivity index (χ4n) is 1.91. The predicted molar refractivity (Wildman–Crippen MR) is 67.1 cm³/mol. The summed E-state index contributed by atoms with van der Waals surface area (Å²) in [6, 6.07) is 0.452. The third-order valence-corrected chi connectivity index (χ3v) is 2.56. The Morgan fingerprint density at radius 1 is 1.33 bits per heavy atom. The Hall–Kier alpha value is -0.340. The van der Waals surface area contributed by atoms with Crippen molar-refractivity contribution >= 4 is 0 Å². The molecule has 15 heavy (non-hydrogen) atoms. The minimum absolute atomic E-state index is 0.315. The summed E-state index contributed by atoms with van der Waals surface area (Å²) in [5.74, 6) is 0.554. The van der Waals surface area contributed by atoms with Crippen LogP contribution in [-0.2, 0) is 4.74 Å². The molecule has 0 aliphatic heterocycles. The van der Waals surface area contributed by atoms with Gasteiger partial charge >= 0.3 is 0 Å². The first-order chi connectivity index (χ1) is 7.17. The van der Waals surface area contributed by atoms with Crippen molar-refractivity contribution in [1.29, 1.82) is 0 Å². The Kier molecular flexibility index (Phi) is 8.73. The standard InChI is InChI=1S/C13H27NO/c1-6-9-10-12(14-7-2)13(11(4)5)15-8-3/h6,11-14H,1,7-10H2,2-5H3. The van der Waals surface area contributed by atoms with Crippen LogP contribution in [0, 0.1) is 5.92 Å². The van der Waals surface area contributed by atoms with Gasteiger partial charge in [0.2, 0.25) is 0 Å². The lowest BCUT2D eigenvalue weighted by Crippen LogP contribution is -2.44. The van der Waals surface area contributed by atoms with E-state index in [2.05, 4.69) is 39.6 Å². The van der Waals surface area contributed by atoms with Crippen LogP contribution in [0.1, 0.15) is 40.5 Å². The Labute approximate surface area is 95.1 Å². The quantitative estimate of drug-likeness (QED) is 0.595. The molecule has 0 aromatic rings. The van der Waals surface area contributed by atoms with Gasteiger partial charge in [-0.2, -0.15) is 0 Å². The first kappa shape index (κ1) is 14.7. The van der Waals surface area contributed by atoms with Crippen LogP contribution in [0.25, 0.3) is 0 Å². The Morgan fingerprint density at radius 3 is 2.40 bits per heavy atom. The molecule has 0 saturated heterocycles. The maximum Gasteiger partial charge on any atom is 0.0750 e. The van der Waals surface area contributed by atoms with Crippen LogP contribution in [0.15, 0.2) is 12.7 Å². The first-order valence-electron chi connectivity index (χ1n) is 6.13. The Balaban J connectivity index is 4.29. The summed E-state index contributed by atoms with van der Waals surface area (Å²) in [6.07, 6.45) is 4.46. The van der Waals surface area contributed by atoms with E-state index in [1.807, 2.05) is 6.08 Å². The Bertz CT molecular complexity index is 157. The molecule has 0 heterocycles. The van der Waals surface area contributed by atoms with Crippen LogP contribution < -0.4 is 5.32 Å². The van der Waals surface area contributed by atoms with Crippen LogP contribution in [0.5, 0.6) is 0 Å². The lowest BCUT2D eigenvalue weighted by Gasteiger charge is -2.30. The van der Waals surface area contributed by atoms with E-state index in [-0.39, 0.29) is 0 Å². The van der Waals surface area contributed by atoms with E-state index in [4.69, 9.17) is 4.74 Å².